The molecule has 0 saturated carbocycles. The first-order valence-electron chi connectivity index (χ1n) is 7.09. The number of halogens is 3. The Labute approximate surface area is 141 Å². The molecular formula is C16H15F3N2O2S. The third kappa shape index (κ3) is 6.11. The zero-order chi connectivity index (χ0) is 17.6. The van der Waals surface area contributed by atoms with Gasteiger partial charge in [-0.15, -0.1) is 24.9 Å². The molecule has 0 saturated heterocycles. The van der Waals surface area contributed by atoms with Gasteiger partial charge in [0.1, 0.15) is 5.75 Å². The van der Waals surface area contributed by atoms with Crippen LogP contribution < -0.4 is 10.1 Å². The van der Waals surface area contributed by atoms with E-state index in [1.807, 2.05) is 13.0 Å². The number of nitrogens with zero attached hydrogens (tertiary/aromatic N) is 1. The molecule has 0 aliphatic carbocycles. The first kappa shape index (κ1) is 18.1. The smallest absolute Gasteiger partial charge is 0.406 e. The number of benzene rings is 1. The summed E-state index contributed by atoms with van der Waals surface area (Å²) in [4.78, 5) is 16.2. The molecule has 2 rings (SSSR count). The lowest BCUT2D eigenvalue weighted by atomic mass is 10.1. The number of anilines is 1. The lowest BCUT2D eigenvalue weighted by Gasteiger charge is -2.09. The lowest BCUT2D eigenvalue weighted by Crippen LogP contribution is -2.17. The largest absolute Gasteiger partial charge is 0.573 e. The number of hydrogen-bond acceptors (Lipinski definition) is 4. The van der Waals surface area contributed by atoms with E-state index in [0.29, 0.717) is 11.3 Å². The summed E-state index contributed by atoms with van der Waals surface area (Å²) in [5.41, 5.74) is 1.14. The number of nitrogens with one attached hydrogen (secondary N) is 1. The highest BCUT2D eigenvalue weighted by Crippen LogP contribution is 2.23. The molecule has 8 heteroatoms. The highest BCUT2D eigenvalue weighted by molar-refractivity contribution is 7.99. The third-order valence-electron chi connectivity index (χ3n) is 2.83. The Morgan fingerprint density at radius 2 is 1.92 bits per heavy atom. The van der Waals surface area contributed by atoms with Crippen molar-refractivity contribution in [2.75, 3.05) is 11.1 Å². The van der Waals surface area contributed by atoms with Gasteiger partial charge in [0.2, 0.25) is 5.91 Å². The van der Waals surface area contributed by atoms with Crippen molar-refractivity contribution in [3.63, 3.8) is 0 Å². The fourth-order valence-corrected chi connectivity index (χ4v) is 2.47. The van der Waals surface area contributed by atoms with E-state index in [-0.39, 0.29) is 18.1 Å². The first-order valence-corrected chi connectivity index (χ1v) is 8.07. The van der Waals surface area contributed by atoms with E-state index in [9.17, 15) is 18.0 Å². The topological polar surface area (TPSA) is 51.2 Å². The van der Waals surface area contributed by atoms with Crippen molar-refractivity contribution in [2.45, 2.75) is 24.7 Å². The van der Waals surface area contributed by atoms with E-state index in [1.54, 1.807) is 24.0 Å². The van der Waals surface area contributed by atoms with E-state index in [1.165, 1.54) is 24.3 Å². The maximum absolute atomic E-state index is 12.1. The van der Waals surface area contributed by atoms with Crippen LogP contribution in [-0.2, 0) is 11.2 Å². The summed E-state index contributed by atoms with van der Waals surface area (Å²) in [5, 5.41) is 3.56. The van der Waals surface area contributed by atoms with Gasteiger partial charge in [0.15, 0.2) is 0 Å². The number of thioether (sulfide) groups is 1. The second-order valence-electron chi connectivity index (χ2n) is 4.73. The van der Waals surface area contributed by atoms with Gasteiger partial charge < -0.3 is 10.1 Å². The van der Waals surface area contributed by atoms with Gasteiger partial charge >= 0.3 is 6.36 Å². The zero-order valence-electron chi connectivity index (χ0n) is 12.8. The molecule has 0 radical (unpaired) electrons. The average Bonchev–Trinajstić information content (AvgIpc) is 2.50. The van der Waals surface area contributed by atoms with Crippen LogP contribution in [0.5, 0.6) is 5.75 Å². The van der Waals surface area contributed by atoms with Crippen molar-refractivity contribution in [1.82, 2.24) is 4.98 Å². The lowest BCUT2D eigenvalue weighted by molar-refractivity contribution is -0.274. The Balaban J connectivity index is 1.89. The van der Waals surface area contributed by atoms with Gasteiger partial charge in [0.25, 0.3) is 0 Å². The minimum absolute atomic E-state index is 0.0394. The maximum atomic E-state index is 12.1. The van der Waals surface area contributed by atoms with Gasteiger partial charge in [0.05, 0.1) is 23.3 Å². The van der Waals surface area contributed by atoms with E-state index < -0.39 is 6.36 Å². The van der Waals surface area contributed by atoms with Crippen LogP contribution in [0.3, 0.4) is 0 Å². The molecule has 0 unspecified atom stereocenters. The standard InChI is InChI=1S/C16H15F3N2O2S/c1-2-24-15-8-5-12(10-20-15)21-14(22)9-11-3-6-13(7-4-11)23-16(17,18)19/h3-8,10H,2,9H2,1H3,(H,21,22). The number of hydrogen-bond donors (Lipinski definition) is 1. The van der Waals surface area contributed by atoms with Crippen LogP contribution in [0.15, 0.2) is 47.6 Å². The van der Waals surface area contributed by atoms with Crippen molar-refractivity contribution in [1.29, 1.82) is 0 Å². The Bertz CT molecular complexity index is 673. The normalized spacial score (nSPS) is 11.2. The van der Waals surface area contributed by atoms with Crippen molar-refractivity contribution in [3.8, 4) is 5.75 Å². The van der Waals surface area contributed by atoms with Crippen molar-refractivity contribution in [2.24, 2.45) is 0 Å². The van der Waals surface area contributed by atoms with Crippen LogP contribution in [0.1, 0.15) is 12.5 Å². The summed E-state index contributed by atoms with van der Waals surface area (Å²) < 4.78 is 40.0. The number of aromatic nitrogens is 1. The molecule has 0 aliphatic heterocycles. The Kier molecular flexibility index (Phi) is 6.08. The molecule has 1 aromatic carbocycles. The summed E-state index contributed by atoms with van der Waals surface area (Å²) >= 11 is 1.59. The van der Waals surface area contributed by atoms with Crippen molar-refractivity contribution >= 4 is 23.4 Å². The SMILES string of the molecule is CCSc1ccc(NC(=O)Cc2ccc(OC(F)(F)F)cc2)cn1. The fourth-order valence-electron chi connectivity index (χ4n) is 1.89. The number of rotatable bonds is 6. The predicted molar refractivity (Wildman–Crippen MR) is 86.1 cm³/mol. The van der Waals surface area contributed by atoms with Crippen LogP contribution in [0.2, 0.25) is 0 Å². The highest BCUT2D eigenvalue weighted by atomic mass is 32.2. The molecular weight excluding hydrogens is 341 g/mol. The Morgan fingerprint density at radius 1 is 1.21 bits per heavy atom. The summed E-state index contributed by atoms with van der Waals surface area (Å²) in [6.45, 7) is 2.02. The second-order valence-corrected chi connectivity index (χ2v) is 6.02. The number of ether oxygens (including phenoxy) is 1. The van der Waals surface area contributed by atoms with Gasteiger partial charge in [-0.3, -0.25) is 4.79 Å². The number of pyridine rings is 1. The molecule has 1 N–H and O–H groups in total. The van der Waals surface area contributed by atoms with Crippen LogP contribution in [0.4, 0.5) is 18.9 Å². The van der Waals surface area contributed by atoms with Gasteiger partial charge in [-0.2, -0.15) is 0 Å². The molecule has 0 spiro atoms. The van der Waals surface area contributed by atoms with E-state index >= 15 is 0 Å². The molecule has 1 heterocycles. The molecule has 0 bridgehead atoms. The molecule has 1 amide bonds. The van der Waals surface area contributed by atoms with E-state index in [2.05, 4.69) is 15.0 Å². The minimum Gasteiger partial charge on any atom is -0.406 e. The molecule has 0 fully saturated rings. The van der Waals surface area contributed by atoms with Gasteiger partial charge in [-0.05, 0) is 35.6 Å². The summed E-state index contributed by atoms with van der Waals surface area (Å²) in [5.74, 6) is 0.310. The maximum Gasteiger partial charge on any atom is 0.573 e. The summed E-state index contributed by atoms with van der Waals surface area (Å²) in [7, 11) is 0. The van der Waals surface area contributed by atoms with Crippen molar-refractivity contribution < 1.29 is 22.7 Å². The third-order valence-corrected chi connectivity index (χ3v) is 3.66. The van der Waals surface area contributed by atoms with Crippen LogP contribution in [0.25, 0.3) is 0 Å². The van der Waals surface area contributed by atoms with Crippen LogP contribution in [0, 0.1) is 0 Å². The minimum atomic E-state index is -4.73. The molecule has 1 aromatic heterocycles. The summed E-state index contributed by atoms with van der Waals surface area (Å²) in [6, 6.07) is 8.75. The molecule has 0 aliphatic rings. The monoisotopic (exact) mass is 356 g/mol. The van der Waals surface area contributed by atoms with Crippen molar-refractivity contribution in [3.05, 3.63) is 48.2 Å². The molecule has 2 aromatic rings. The first-order chi connectivity index (χ1) is 11.4. The molecule has 24 heavy (non-hydrogen) atoms. The van der Waals surface area contributed by atoms with E-state index in [4.69, 9.17) is 0 Å². The number of alkyl halides is 3. The van der Waals surface area contributed by atoms with Crippen LogP contribution >= 0.6 is 11.8 Å². The quantitative estimate of drug-likeness (QED) is 0.785. The zero-order valence-corrected chi connectivity index (χ0v) is 13.6. The molecule has 0 atom stereocenters. The van der Waals surface area contributed by atoms with Crippen LogP contribution in [-0.4, -0.2) is 23.0 Å². The average molecular weight is 356 g/mol. The second kappa shape index (κ2) is 8.05. The van der Waals surface area contributed by atoms with E-state index in [0.717, 1.165) is 10.8 Å². The Hall–Kier alpha value is -2.22. The van der Waals surface area contributed by atoms with Gasteiger partial charge in [-0.1, -0.05) is 19.1 Å². The molecule has 128 valence electrons. The number of carbonyl (C=O) groups excluding carboxylic acids is 1. The molecule has 4 nitrogen and oxygen atoms in total. The number of carbonyl (C=O) groups is 1. The summed E-state index contributed by atoms with van der Waals surface area (Å²) in [6.07, 6.45) is -3.12. The van der Waals surface area contributed by atoms with Gasteiger partial charge in [-0.25, -0.2) is 4.98 Å². The Morgan fingerprint density at radius 3 is 2.46 bits per heavy atom. The predicted octanol–water partition coefficient (Wildman–Crippen LogP) is 4.27. The number of amides is 1. The van der Waals surface area contributed by atoms with Gasteiger partial charge in [0, 0.05) is 0 Å². The highest BCUT2D eigenvalue weighted by Gasteiger charge is 2.30. The fraction of sp³-hybridized carbons (Fsp3) is 0.250.